The summed E-state index contributed by atoms with van der Waals surface area (Å²) in [5, 5.41) is 10.5. The van der Waals surface area contributed by atoms with E-state index >= 15 is 0 Å². The van der Waals surface area contributed by atoms with Crippen molar-refractivity contribution in [3.63, 3.8) is 0 Å². The van der Waals surface area contributed by atoms with Crippen LogP contribution in [0.25, 0.3) is 0 Å². The molecule has 2 nitrogen and oxygen atoms in total. The van der Waals surface area contributed by atoms with Gasteiger partial charge in [-0.3, -0.25) is 0 Å². The molecule has 0 bridgehead atoms. The molecule has 0 aromatic heterocycles. The van der Waals surface area contributed by atoms with Crippen molar-refractivity contribution in [1.29, 1.82) is 0 Å². The molecule has 20 heavy (non-hydrogen) atoms. The van der Waals surface area contributed by atoms with E-state index in [4.69, 9.17) is 4.74 Å². The van der Waals surface area contributed by atoms with E-state index in [0.29, 0.717) is 23.5 Å². The standard InChI is InChI=1S/C17H19FO2/c1-3-10-20-16-7-5-4-6-14(16)17(19)15-11-13(18)9-8-12(15)2/h4-9,11,17,19H,3,10H2,1-2H3. The molecule has 0 aliphatic carbocycles. The third-order valence-corrected chi connectivity index (χ3v) is 3.21. The van der Waals surface area contributed by atoms with Crippen LogP contribution >= 0.6 is 0 Å². The second-order valence-corrected chi connectivity index (χ2v) is 4.79. The molecule has 1 N–H and O–H groups in total. The minimum atomic E-state index is -0.890. The number of aliphatic hydroxyl groups excluding tert-OH is 1. The molecule has 0 radical (unpaired) electrons. The fourth-order valence-electron chi connectivity index (χ4n) is 2.12. The van der Waals surface area contributed by atoms with E-state index in [2.05, 4.69) is 0 Å². The van der Waals surface area contributed by atoms with Crippen LogP contribution in [0, 0.1) is 12.7 Å². The Hall–Kier alpha value is -1.87. The first-order valence-corrected chi connectivity index (χ1v) is 6.79. The number of ether oxygens (including phenoxy) is 1. The summed E-state index contributed by atoms with van der Waals surface area (Å²) < 4.78 is 19.0. The van der Waals surface area contributed by atoms with Crippen molar-refractivity contribution in [1.82, 2.24) is 0 Å². The molecular formula is C17H19FO2. The molecule has 2 aromatic rings. The predicted molar refractivity (Wildman–Crippen MR) is 77.4 cm³/mol. The molecular weight excluding hydrogens is 255 g/mol. The molecule has 0 heterocycles. The maximum Gasteiger partial charge on any atom is 0.125 e. The Morgan fingerprint density at radius 3 is 2.65 bits per heavy atom. The zero-order chi connectivity index (χ0) is 14.5. The largest absolute Gasteiger partial charge is 0.493 e. The second kappa shape index (κ2) is 6.53. The van der Waals surface area contributed by atoms with Crippen molar-refractivity contribution in [2.24, 2.45) is 0 Å². The minimum Gasteiger partial charge on any atom is -0.493 e. The summed E-state index contributed by atoms with van der Waals surface area (Å²) >= 11 is 0. The lowest BCUT2D eigenvalue weighted by Crippen LogP contribution is -2.06. The summed E-state index contributed by atoms with van der Waals surface area (Å²) in [6, 6.07) is 11.8. The van der Waals surface area contributed by atoms with E-state index in [1.54, 1.807) is 12.1 Å². The van der Waals surface area contributed by atoms with Gasteiger partial charge in [0.05, 0.1) is 6.61 Å². The lowest BCUT2D eigenvalue weighted by Gasteiger charge is -2.18. The predicted octanol–water partition coefficient (Wildman–Crippen LogP) is 4.00. The number of aryl methyl sites for hydroxylation is 1. The minimum absolute atomic E-state index is 0.350. The van der Waals surface area contributed by atoms with E-state index in [9.17, 15) is 9.50 Å². The van der Waals surface area contributed by atoms with Gasteiger partial charge in [0.25, 0.3) is 0 Å². The SMILES string of the molecule is CCCOc1ccccc1C(O)c1cc(F)ccc1C. The van der Waals surface area contributed by atoms with Crippen molar-refractivity contribution < 1.29 is 14.2 Å². The number of halogens is 1. The molecule has 0 amide bonds. The average molecular weight is 274 g/mol. The topological polar surface area (TPSA) is 29.5 Å². The van der Waals surface area contributed by atoms with Gasteiger partial charge in [-0.25, -0.2) is 4.39 Å². The Kier molecular flexibility index (Phi) is 4.74. The fourth-order valence-corrected chi connectivity index (χ4v) is 2.12. The first-order chi connectivity index (χ1) is 9.63. The Morgan fingerprint density at radius 1 is 1.15 bits per heavy atom. The molecule has 0 saturated carbocycles. The Morgan fingerprint density at radius 2 is 1.90 bits per heavy atom. The number of rotatable bonds is 5. The maximum absolute atomic E-state index is 13.4. The number of para-hydroxylation sites is 1. The van der Waals surface area contributed by atoms with Gasteiger partial charge in [-0.15, -0.1) is 0 Å². The van der Waals surface area contributed by atoms with E-state index in [0.717, 1.165) is 12.0 Å². The van der Waals surface area contributed by atoms with Gasteiger partial charge < -0.3 is 9.84 Å². The van der Waals surface area contributed by atoms with Gasteiger partial charge in [-0.1, -0.05) is 31.2 Å². The highest BCUT2D eigenvalue weighted by Gasteiger charge is 2.17. The smallest absolute Gasteiger partial charge is 0.125 e. The zero-order valence-corrected chi connectivity index (χ0v) is 11.8. The lowest BCUT2D eigenvalue weighted by molar-refractivity contribution is 0.209. The molecule has 3 heteroatoms. The summed E-state index contributed by atoms with van der Waals surface area (Å²) in [6.07, 6.45) is 0.00224. The fraction of sp³-hybridized carbons (Fsp3) is 0.294. The monoisotopic (exact) mass is 274 g/mol. The third kappa shape index (κ3) is 3.17. The molecule has 0 fully saturated rings. The van der Waals surface area contributed by atoms with Gasteiger partial charge in [0.1, 0.15) is 17.7 Å². The van der Waals surface area contributed by atoms with Crippen molar-refractivity contribution in [2.75, 3.05) is 6.61 Å². The van der Waals surface area contributed by atoms with Gasteiger partial charge >= 0.3 is 0 Å². The Bertz CT molecular complexity index is 581. The van der Waals surface area contributed by atoms with Crippen LogP contribution < -0.4 is 4.74 Å². The van der Waals surface area contributed by atoms with Crippen molar-refractivity contribution in [3.8, 4) is 5.75 Å². The molecule has 0 aliphatic heterocycles. The summed E-state index contributed by atoms with van der Waals surface area (Å²) in [5.74, 6) is 0.294. The summed E-state index contributed by atoms with van der Waals surface area (Å²) in [4.78, 5) is 0. The molecule has 0 spiro atoms. The van der Waals surface area contributed by atoms with Crippen LogP contribution in [0.3, 0.4) is 0 Å². The first-order valence-electron chi connectivity index (χ1n) is 6.79. The zero-order valence-electron chi connectivity index (χ0n) is 11.8. The number of hydrogen-bond acceptors (Lipinski definition) is 2. The van der Waals surface area contributed by atoms with Crippen molar-refractivity contribution >= 4 is 0 Å². The van der Waals surface area contributed by atoms with Gasteiger partial charge in [0.2, 0.25) is 0 Å². The van der Waals surface area contributed by atoms with Gasteiger partial charge in [0, 0.05) is 5.56 Å². The Labute approximate surface area is 118 Å². The van der Waals surface area contributed by atoms with Crippen LogP contribution in [0.15, 0.2) is 42.5 Å². The maximum atomic E-state index is 13.4. The van der Waals surface area contributed by atoms with Crippen LogP contribution in [-0.4, -0.2) is 11.7 Å². The normalized spacial score (nSPS) is 12.2. The number of benzene rings is 2. The van der Waals surface area contributed by atoms with Gasteiger partial charge in [0.15, 0.2) is 0 Å². The molecule has 0 saturated heterocycles. The summed E-state index contributed by atoms with van der Waals surface area (Å²) in [5.41, 5.74) is 2.08. The molecule has 1 unspecified atom stereocenters. The van der Waals surface area contributed by atoms with E-state index < -0.39 is 6.10 Å². The lowest BCUT2D eigenvalue weighted by atomic mass is 9.97. The Balaban J connectivity index is 2.37. The first kappa shape index (κ1) is 14.5. The molecule has 0 aliphatic rings. The molecule has 106 valence electrons. The van der Waals surface area contributed by atoms with E-state index in [1.807, 2.05) is 32.0 Å². The van der Waals surface area contributed by atoms with Crippen LogP contribution in [0.4, 0.5) is 4.39 Å². The molecule has 2 rings (SSSR count). The van der Waals surface area contributed by atoms with Crippen LogP contribution in [0.5, 0.6) is 5.75 Å². The summed E-state index contributed by atoms with van der Waals surface area (Å²) in [6.45, 7) is 4.47. The van der Waals surface area contributed by atoms with Crippen LogP contribution in [0.1, 0.15) is 36.1 Å². The highest BCUT2D eigenvalue weighted by atomic mass is 19.1. The van der Waals surface area contributed by atoms with Crippen LogP contribution in [0.2, 0.25) is 0 Å². The van der Waals surface area contributed by atoms with Gasteiger partial charge in [-0.05, 0) is 42.7 Å². The summed E-state index contributed by atoms with van der Waals surface area (Å²) in [7, 11) is 0. The number of aliphatic hydroxyl groups is 1. The van der Waals surface area contributed by atoms with Gasteiger partial charge in [-0.2, -0.15) is 0 Å². The van der Waals surface area contributed by atoms with E-state index in [-0.39, 0.29) is 5.82 Å². The van der Waals surface area contributed by atoms with E-state index in [1.165, 1.54) is 12.1 Å². The third-order valence-electron chi connectivity index (χ3n) is 3.21. The molecule has 1 atom stereocenters. The molecule has 2 aromatic carbocycles. The number of hydrogen-bond donors (Lipinski definition) is 1. The quantitative estimate of drug-likeness (QED) is 0.892. The average Bonchev–Trinajstić information content (AvgIpc) is 2.47. The van der Waals surface area contributed by atoms with Crippen molar-refractivity contribution in [2.45, 2.75) is 26.4 Å². The van der Waals surface area contributed by atoms with Crippen molar-refractivity contribution in [3.05, 3.63) is 65.0 Å². The second-order valence-electron chi connectivity index (χ2n) is 4.79. The highest BCUT2D eigenvalue weighted by molar-refractivity contribution is 5.42. The van der Waals surface area contributed by atoms with Crippen LogP contribution in [-0.2, 0) is 0 Å². The highest BCUT2D eigenvalue weighted by Crippen LogP contribution is 2.31.